The number of esters is 1. The lowest BCUT2D eigenvalue weighted by atomic mass is 10.1. The van der Waals surface area contributed by atoms with Gasteiger partial charge < -0.3 is 19.7 Å². The van der Waals surface area contributed by atoms with Gasteiger partial charge in [0, 0.05) is 32.2 Å². The molecule has 0 radical (unpaired) electrons. The minimum Gasteiger partial charge on any atom is -0.467 e. The standard InChI is InChI=1S/C22H25N3O5/c1-16(26)25-13-12-24(14-20(25)22(28)29-2)15-21(27)23-17-8-10-19(11-9-17)30-18-6-4-3-5-7-18/h3-11,20H,12-15H2,1-2H3,(H,23,27). The smallest absolute Gasteiger partial charge is 0.329 e. The number of methoxy groups -OCH3 is 1. The molecule has 8 heteroatoms. The normalized spacial score (nSPS) is 16.6. The molecule has 8 nitrogen and oxygen atoms in total. The van der Waals surface area contributed by atoms with Crippen molar-refractivity contribution in [1.82, 2.24) is 9.80 Å². The zero-order valence-electron chi connectivity index (χ0n) is 17.0. The van der Waals surface area contributed by atoms with Crippen molar-refractivity contribution in [2.24, 2.45) is 0 Å². The van der Waals surface area contributed by atoms with Gasteiger partial charge in [-0.15, -0.1) is 0 Å². The first kappa shape index (κ1) is 21.3. The molecule has 2 aromatic rings. The van der Waals surface area contributed by atoms with Gasteiger partial charge in [0.25, 0.3) is 0 Å². The molecule has 1 N–H and O–H groups in total. The highest BCUT2D eigenvalue weighted by Gasteiger charge is 2.35. The van der Waals surface area contributed by atoms with Gasteiger partial charge in [0.15, 0.2) is 0 Å². The molecule has 158 valence electrons. The number of ether oxygens (including phenoxy) is 2. The largest absolute Gasteiger partial charge is 0.467 e. The van der Waals surface area contributed by atoms with E-state index in [9.17, 15) is 14.4 Å². The second kappa shape index (κ2) is 9.89. The number of carbonyl (C=O) groups is 3. The number of hydrogen-bond acceptors (Lipinski definition) is 6. The molecule has 1 heterocycles. The maximum Gasteiger partial charge on any atom is 0.329 e. The minimum atomic E-state index is -0.705. The Morgan fingerprint density at radius 1 is 1.00 bits per heavy atom. The predicted octanol–water partition coefficient (Wildman–Crippen LogP) is 2.12. The van der Waals surface area contributed by atoms with Crippen LogP contribution < -0.4 is 10.1 Å². The summed E-state index contributed by atoms with van der Waals surface area (Å²) in [6.07, 6.45) is 0. The molecule has 0 spiro atoms. The molecule has 30 heavy (non-hydrogen) atoms. The Labute approximate surface area is 175 Å². The molecule has 0 bridgehead atoms. The van der Waals surface area contributed by atoms with E-state index in [1.165, 1.54) is 18.9 Å². The molecule has 0 aromatic heterocycles. The van der Waals surface area contributed by atoms with Gasteiger partial charge in [-0.1, -0.05) is 18.2 Å². The van der Waals surface area contributed by atoms with Gasteiger partial charge in [0.05, 0.1) is 13.7 Å². The summed E-state index contributed by atoms with van der Waals surface area (Å²) in [6.45, 7) is 2.66. The second-order valence-electron chi connectivity index (χ2n) is 6.97. The van der Waals surface area contributed by atoms with Crippen LogP contribution in [0, 0.1) is 0 Å². The molecule has 1 saturated heterocycles. The summed E-state index contributed by atoms with van der Waals surface area (Å²) < 4.78 is 10.5. The zero-order chi connectivity index (χ0) is 21.5. The average molecular weight is 411 g/mol. The van der Waals surface area contributed by atoms with E-state index < -0.39 is 12.0 Å². The molecule has 1 fully saturated rings. The first-order chi connectivity index (χ1) is 14.5. The first-order valence-corrected chi connectivity index (χ1v) is 9.66. The topological polar surface area (TPSA) is 88.2 Å². The van der Waals surface area contributed by atoms with Crippen molar-refractivity contribution in [1.29, 1.82) is 0 Å². The molecular weight excluding hydrogens is 386 g/mol. The number of benzene rings is 2. The van der Waals surface area contributed by atoms with Crippen molar-refractivity contribution in [3.05, 3.63) is 54.6 Å². The van der Waals surface area contributed by atoms with Crippen LogP contribution in [0.2, 0.25) is 0 Å². The second-order valence-corrected chi connectivity index (χ2v) is 6.97. The third-order valence-electron chi connectivity index (χ3n) is 4.83. The number of rotatable bonds is 6. The molecule has 2 amide bonds. The van der Waals surface area contributed by atoms with Crippen LogP contribution >= 0.6 is 0 Å². The molecule has 0 saturated carbocycles. The Morgan fingerprint density at radius 2 is 1.67 bits per heavy atom. The molecule has 3 rings (SSSR count). The highest BCUT2D eigenvalue weighted by atomic mass is 16.5. The van der Waals surface area contributed by atoms with Gasteiger partial charge in [-0.3, -0.25) is 14.5 Å². The number of piperazine rings is 1. The fraction of sp³-hybridized carbons (Fsp3) is 0.318. The Bertz CT molecular complexity index is 885. The summed E-state index contributed by atoms with van der Waals surface area (Å²) >= 11 is 0. The summed E-state index contributed by atoms with van der Waals surface area (Å²) in [5.41, 5.74) is 0.646. The summed E-state index contributed by atoms with van der Waals surface area (Å²) in [5, 5.41) is 2.84. The van der Waals surface area contributed by atoms with E-state index in [1.54, 1.807) is 24.3 Å². The molecule has 1 aliphatic heterocycles. The van der Waals surface area contributed by atoms with E-state index in [0.717, 1.165) is 5.75 Å². The van der Waals surface area contributed by atoms with E-state index in [4.69, 9.17) is 9.47 Å². The minimum absolute atomic E-state index is 0.113. The lowest BCUT2D eigenvalue weighted by molar-refractivity contribution is -0.155. The van der Waals surface area contributed by atoms with Crippen LogP contribution in [0.4, 0.5) is 5.69 Å². The monoisotopic (exact) mass is 411 g/mol. The summed E-state index contributed by atoms with van der Waals surface area (Å²) in [4.78, 5) is 39.5. The van der Waals surface area contributed by atoms with E-state index in [-0.39, 0.29) is 24.9 Å². The maximum atomic E-state index is 12.4. The Kier molecular flexibility index (Phi) is 7.03. The lowest BCUT2D eigenvalue weighted by Crippen LogP contribution is -2.59. The van der Waals surface area contributed by atoms with E-state index in [1.807, 2.05) is 35.2 Å². The van der Waals surface area contributed by atoms with Crippen LogP contribution in [0.15, 0.2) is 54.6 Å². The number of nitrogens with zero attached hydrogens (tertiary/aromatic N) is 2. The van der Waals surface area contributed by atoms with Crippen molar-refractivity contribution in [3.63, 3.8) is 0 Å². The summed E-state index contributed by atoms with van der Waals surface area (Å²) in [6, 6.07) is 15.8. The van der Waals surface area contributed by atoms with Gasteiger partial charge in [0.2, 0.25) is 11.8 Å². The Hall–Kier alpha value is -3.39. The van der Waals surface area contributed by atoms with E-state index in [0.29, 0.717) is 24.5 Å². The van der Waals surface area contributed by atoms with Crippen molar-refractivity contribution < 1.29 is 23.9 Å². The van der Waals surface area contributed by atoms with Crippen molar-refractivity contribution in [3.8, 4) is 11.5 Å². The molecule has 1 unspecified atom stereocenters. The number of hydrogen-bond donors (Lipinski definition) is 1. The molecule has 2 aromatic carbocycles. The Balaban J connectivity index is 1.53. The Morgan fingerprint density at radius 3 is 2.30 bits per heavy atom. The van der Waals surface area contributed by atoms with E-state index in [2.05, 4.69) is 5.32 Å². The third kappa shape index (κ3) is 5.57. The SMILES string of the molecule is COC(=O)C1CN(CC(=O)Nc2ccc(Oc3ccccc3)cc2)CCN1C(C)=O. The lowest BCUT2D eigenvalue weighted by Gasteiger charge is -2.39. The zero-order valence-corrected chi connectivity index (χ0v) is 17.0. The quantitative estimate of drug-likeness (QED) is 0.733. The van der Waals surface area contributed by atoms with Gasteiger partial charge in [-0.2, -0.15) is 0 Å². The number of amides is 2. The van der Waals surface area contributed by atoms with Gasteiger partial charge in [-0.05, 0) is 36.4 Å². The predicted molar refractivity (Wildman–Crippen MR) is 111 cm³/mol. The molecule has 0 aliphatic carbocycles. The van der Waals surface area contributed by atoms with Crippen molar-refractivity contribution >= 4 is 23.5 Å². The number of nitrogens with one attached hydrogen (secondary N) is 1. The molecular formula is C22H25N3O5. The van der Waals surface area contributed by atoms with Crippen molar-refractivity contribution in [2.75, 3.05) is 38.6 Å². The maximum absolute atomic E-state index is 12.4. The van der Waals surface area contributed by atoms with Crippen LogP contribution in [-0.4, -0.2) is 66.9 Å². The van der Waals surface area contributed by atoms with Crippen molar-refractivity contribution in [2.45, 2.75) is 13.0 Å². The fourth-order valence-corrected chi connectivity index (χ4v) is 3.33. The molecule has 1 aliphatic rings. The summed E-state index contributed by atoms with van der Waals surface area (Å²) in [7, 11) is 1.29. The number of para-hydroxylation sites is 1. The van der Waals surface area contributed by atoms with Gasteiger partial charge >= 0.3 is 5.97 Å². The highest BCUT2D eigenvalue weighted by molar-refractivity contribution is 5.92. The van der Waals surface area contributed by atoms with Crippen LogP contribution in [0.3, 0.4) is 0 Å². The summed E-state index contributed by atoms with van der Waals surface area (Å²) in [5.74, 6) is 0.530. The number of anilines is 1. The van der Waals surface area contributed by atoms with Crippen LogP contribution in [0.25, 0.3) is 0 Å². The van der Waals surface area contributed by atoms with Crippen LogP contribution in [-0.2, 0) is 19.1 Å². The number of carbonyl (C=O) groups excluding carboxylic acids is 3. The first-order valence-electron chi connectivity index (χ1n) is 9.66. The average Bonchev–Trinajstić information content (AvgIpc) is 2.75. The highest BCUT2D eigenvalue weighted by Crippen LogP contribution is 2.22. The van der Waals surface area contributed by atoms with Gasteiger partial charge in [0.1, 0.15) is 17.5 Å². The van der Waals surface area contributed by atoms with E-state index >= 15 is 0 Å². The van der Waals surface area contributed by atoms with Crippen LogP contribution in [0.1, 0.15) is 6.92 Å². The third-order valence-corrected chi connectivity index (χ3v) is 4.83. The van der Waals surface area contributed by atoms with Crippen LogP contribution in [0.5, 0.6) is 11.5 Å². The fourth-order valence-electron chi connectivity index (χ4n) is 3.33. The molecule has 1 atom stereocenters. The van der Waals surface area contributed by atoms with Gasteiger partial charge in [-0.25, -0.2) is 4.79 Å².